The second-order valence-electron chi connectivity index (χ2n) is 8.04. The monoisotopic (exact) mass is 508 g/mol. The summed E-state index contributed by atoms with van der Waals surface area (Å²) in [6.07, 6.45) is 0.0927. The zero-order valence-corrected chi connectivity index (χ0v) is 20.6. The van der Waals surface area contributed by atoms with E-state index in [1.165, 1.54) is 12.5 Å². The molecule has 0 spiro atoms. The minimum Gasteiger partial charge on any atom is -0.496 e. The first kappa shape index (κ1) is 24.9. The summed E-state index contributed by atoms with van der Waals surface area (Å²) >= 11 is 1.03. The molecule has 1 aliphatic heterocycles. The fraction of sp³-hybridized carbons (Fsp3) is 0.240. The van der Waals surface area contributed by atoms with Crippen molar-refractivity contribution in [2.75, 3.05) is 19.5 Å². The summed E-state index contributed by atoms with van der Waals surface area (Å²) in [6.45, 7) is 1.84. The molecule has 186 valence electrons. The van der Waals surface area contributed by atoms with Crippen LogP contribution in [0, 0.1) is 6.92 Å². The highest BCUT2D eigenvalue weighted by Gasteiger charge is 2.45. The van der Waals surface area contributed by atoms with Crippen LogP contribution < -0.4 is 15.4 Å². The molecule has 2 N–H and O–H groups in total. The van der Waals surface area contributed by atoms with E-state index in [0.29, 0.717) is 11.3 Å². The number of thiazole rings is 1. The van der Waals surface area contributed by atoms with Crippen LogP contribution in [0.3, 0.4) is 0 Å². The molecule has 1 fully saturated rings. The van der Waals surface area contributed by atoms with Gasteiger partial charge in [0.05, 0.1) is 14.2 Å². The molecule has 4 amide bonds. The van der Waals surface area contributed by atoms with Crippen molar-refractivity contribution >= 4 is 40.3 Å². The average Bonchev–Trinajstić information content (AvgIpc) is 3.46. The number of aromatic nitrogens is 1. The maximum Gasteiger partial charge on any atom is 0.357 e. The highest BCUT2D eigenvalue weighted by molar-refractivity contribution is 7.14. The highest BCUT2D eigenvalue weighted by atomic mass is 32.1. The number of esters is 1. The molecular weight excluding hydrogens is 484 g/mol. The predicted molar refractivity (Wildman–Crippen MR) is 132 cm³/mol. The van der Waals surface area contributed by atoms with E-state index in [1.807, 2.05) is 37.3 Å². The number of carbonyl (C=O) groups excluding carboxylic acids is 4. The number of ether oxygens (including phenoxy) is 2. The number of nitrogens with one attached hydrogen (secondary N) is 2. The Balaban J connectivity index is 1.62. The number of nitrogens with zero attached hydrogens (tertiary/aromatic N) is 2. The van der Waals surface area contributed by atoms with E-state index >= 15 is 0 Å². The molecule has 2 aromatic carbocycles. The van der Waals surface area contributed by atoms with Gasteiger partial charge in [-0.3, -0.25) is 9.59 Å². The lowest BCUT2D eigenvalue weighted by Gasteiger charge is -2.24. The lowest BCUT2D eigenvalue weighted by Crippen LogP contribution is -2.49. The van der Waals surface area contributed by atoms with Gasteiger partial charge in [0.2, 0.25) is 5.91 Å². The molecule has 0 saturated carbocycles. The number of urea groups is 1. The third kappa shape index (κ3) is 5.05. The van der Waals surface area contributed by atoms with Crippen molar-refractivity contribution < 1.29 is 28.7 Å². The number of benzene rings is 2. The molecule has 0 bridgehead atoms. The van der Waals surface area contributed by atoms with Crippen LogP contribution in [-0.4, -0.2) is 54.0 Å². The van der Waals surface area contributed by atoms with Gasteiger partial charge in [-0.05, 0) is 35.7 Å². The van der Waals surface area contributed by atoms with Crippen LogP contribution in [0.1, 0.15) is 33.2 Å². The average molecular weight is 509 g/mol. The minimum absolute atomic E-state index is 0.0438. The van der Waals surface area contributed by atoms with Crippen LogP contribution in [0.25, 0.3) is 0 Å². The van der Waals surface area contributed by atoms with Gasteiger partial charge in [0, 0.05) is 11.8 Å². The second-order valence-corrected chi connectivity index (χ2v) is 8.90. The molecule has 36 heavy (non-hydrogen) atoms. The molecular formula is C25H24N4O6S. The SMILES string of the molecule is COC(=O)c1csc(NC(=O)[C@H](Cc2ccccc2)N2C(=O)NC(c3ccc(OC)c(C)c3)C2=O)n1. The van der Waals surface area contributed by atoms with Gasteiger partial charge in [-0.25, -0.2) is 19.5 Å². The number of aryl methyl sites for hydroxylation is 1. The Morgan fingerprint density at radius 1 is 1.17 bits per heavy atom. The van der Waals surface area contributed by atoms with Crippen molar-refractivity contribution in [1.29, 1.82) is 0 Å². The smallest absolute Gasteiger partial charge is 0.357 e. The van der Waals surface area contributed by atoms with Crippen molar-refractivity contribution in [2.45, 2.75) is 25.4 Å². The molecule has 1 unspecified atom stereocenters. The third-order valence-corrected chi connectivity index (χ3v) is 6.50. The van der Waals surface area contributed by atoms with Gasteiger partial charge in [-0.1, -0.05) is 36.4 Å². The van der Waals surface area contributed by atoms with Crippen molar-refractivity contribution in [3.63, 3.8) is 0 Å². The first-order valence-corrected chi connectivity index (χ1v) is 11.9. The Kier molecular flexibility index (Phi) is 7.30. The van der Waals surface area contributed by atoms with E-state index in [4.69, 9.17) is 4.74 Å². The molecule has 0 radical (unpaired) electrons. The van der Waals surface area contributed by atoms with E-state index in [2.05, 4.69) is 20.4 Å². The van der Waals surface area contributed by atoms with Crippen LogP contribution in [0.2, 0.25) is 0 Å². The van der Waals surface area contributed by atoms with E-state index < -0.39 is 35.9 Å². The van der Waals surface area contributed by atoms with Crippen LogP contribution >= 0.6 is 11.3 Å². The highest BCUT2D eigenvalue weighted by Crippen LogP contribution is 2.29. The van der Waals surface area contributed by atoms with Crippen molar-refractivity contribution in [2.24, 2.45) is 0 Å². The summed E-state index contributed by atoms with van der Waals surface area (Å²) in [4.78, 5) is 56.6. The maximum absolute atomic E-state index is 13.5. The molecule has 1 aliphatic rings. The minimum atomic E-state index is -1.16. The van der Waals surface area contributed by atoms with Gasteiger partial charge < -0.3 is 20.1 Å². The summed E-state index contributed by atoms with van der Waals surface area (Å²) in [5, 5.41) is 6.91. The largest absolute Gasteiger partial charge is 0.496 e. The first-order chi connectivity index (χ1) is 17.3. The zero-order valence-electron chi connectivity index (χ0n) is 19.8. The summed E-state index contributed by atoms with van der Waals surface area (Å²) in [5.41, 5.74) is 2.19. The van der Waals surface area contributed by atoms with Crippen molar-refractivity contribution in [3.05, 3.63) is 76.3 Å². The second kappa shape index (κ2) is 10.6. The number of rotatable bonds is 8. The molecule has 1 saturated heterocycles. The first-order valence-electron chi connectivity index (χ1n) is 11.0. The standard InChI is InChI=1S/C25H24N4O6S/c1-14-11-16(9-10-19(14)34-2)20-22(31)29(25(33)27-20)18(12-15-7-5-4-6-8-15)21(30)28-24-26-17(13-36-24)23(32)35-3/h4-11,13,18,20H,12H2,1-3H3,(H,27,33)(H,26,28,30)/t18-,20?/m0/s1. The zero-order chi connectivity index (χ0) is 25.8. The van der Waals surface area contributed by atoms with Gasteiger partial charge in [-0.2, -0.15) is 0 Å². The summed E-state index contributed by atoms with van der Waals surface area (Å²) < 4.78 is 9.92. The quantitative estimate of drug-likeness (QED) is 0.354. The number of amides is 4. The summed E-state index contributed by atoms with van der Waals surface area (Å²) in [6, 6.07) is 11.5. The van der Waals surface area contributed by atoms with Crippen molar-refractivity contribution in [1.82, 2.24) is 15.2 Å². The lowest BCUT2D eigenvalue weighted by molar-refractivity contribution is -0.134. The molecule has 1 aromatic heterocycles. The Hall–Kier alpha value is -4.25. The Bertz CT molecular complexity index is 1310. The molecule has 11 heteroatoms. The van der Waals surface area contributed by atoms with Crippen molar-refractivity contribution in [3.8, 4) is 5.75 Å². The van der Waals surface area contributed by atoms with E-state index in [9.17, 15) is 19.2 Å². The lowest BCUT2D eigenvalue weighted by atomic mass is 10.0. The van der Waals surface area contributed by atoms with Crippen LogP contribution in [0.15, 0.2) is 53.9 Å². The number of methoxy groups -OCH3 is 2. The molecule has 3 aromatic rings. The molecule has 2 heterocycles. The Morgan fingerprint density at radius 2 is 1.92 bits per heavy atom. The summed E-state index contributed by atoms with van der Waals surface area (Å²) in [7, 11) is 2.78. The van der Waals surface area contributed by atoms with E-state index in [1.54, 1.807) is 25.3 Å². The Morgan fingerprint density at radius 3 is 2.58 bits per heavy atom. The Labute approximate surface area is 211 Å². The molecule has 0 aliphatic carbocycles. The number of carbonyl (C=O) groups is 4. The van der Waals surface area contributed by atoms with E-state index in [0.717, 1.165) is 27.4 Å². The van der Waals surface area contributed by atoms with Crippen LogP contribution in [0.4, 0.5) is 9.93 Å². The molecule has 2 atom stereocenters. The molecule has 10 nitrogen and oxygen atoms in total. The fourth-order valence-corrected chi connectivity index (χ4v) is 4.64. The van der Waals surface area contributed by atoms with Gasteiger partial charge in [0.15, 0.2) is 10.8 Å². The number of hydrogen-bond donors (Lipinski definition) is 2. The fourth-order valence-electron chi connectivity index (χ4n) is 3.95. The normalized spacial score (nSPS) is 15.9. The van der Waals surface area contributed by atoms with Crippen LogP contribution in [0.5, 0.6) is 5.75 Å². The number of imide groups is 1. The molecule has 4 rings (SSSR count). The summed E-state index contributed by atoms with van der Waals surface area (Å²) in [5.74, 6) is -1.14. The number of hydrogen-bond acceptors (Lipinski definition) is 8. The van der Waals surface area contributed by atoms with Gasteiger partial charge >= 0.3 is 12.0 Å². The van der Waals surface area contributed by atoms with Gasteiger partial charge in [0.1, 0.15) is 17.8 Å². The van der Waals surface area contributed by atoms with Crippen LogP contribution in [-0.2, 0) is 20.7 Å². The topological polar surface area (TPSA) is 127 Å². The third-order valence-electron chi connectivity index (χ3n) is 5.74. The number of anilines is 1. The van der Waals surface area contributed by atoms with Gasteiger partial charge in [0.25, 0.3) is 5.91 Å². The predicted octanol–water partition coefficient (Wildman–Crippen LogP) is 3.09. The van der Waals surface area contributed by atoms with Gasteiger partial charge in [-0.15, -0.1) is 11.3 Å². The van der Waals surface area contributed by atoms with E-state index in [-0.39, 0.29) is 17.2 Å². The maximum atomic E-state index is 13.5.